The van der Waals surface area contributed by atoms with E-state index in [-0.39, 0.29) is 24.9 Å². The van der Waals surface area contributed by atoms with Gasteiger partial charge in [-0.15, -0.1) is 0 Å². The predicted octanol–water partition coefficient (Wildman–Crippen LogP) is 1.10. The Morgan fingerprint density at radius 3 is 2.59 bits per heavy atom. The lowest BCUT2D eigenvalue weighted by Crippen LogP contribution is -2.37. The van der Waals surface area contributed by atoms with Gasteiger partial charge in [0.2, 0.25) is 5.91 Å². The Morgan fingerprint density at radius 1 is 1.47 bits per heavy atom. The molecule has 6 heteroatoms. The van der Waals surface area contributed by atoms with Gasteiger partial charge in [0, 0.05) is 13.1 Å². The van der Waals surface area contributed by atoms with Gasteiger partial charge < -0.3 is 15.4 Å². The molecule has 0 aromatic rings. The molecule has 0 aliphatic heterocycles. The average molecular weight is 252 g/mol. The number of nitrogens with zero attached hydrogens (tertiary/aromatic N) is 1. The molecule has 0 radical (unpaired) electrons. The number of amides is 1. The first-order valence-corrected chi connectivity index (χ1v) is 5.84. The maximum Gasteiger partial charge on any atom is 0.261 e. The Balaban J connectivity index is 3.84. The standard InChI is InChI=1S/C11H22F2N2O2/c1-3-15(7-9(2)6-14)11(16)4-5-17-8-10(12)13/h9-10H,3-8,14H2,1-2H3. The zero-order chi connectivity index (χ0) is 13.3. The van der Waals surface area contributed by atoms with Gasteiger partial charge in [-0.2, -0.15) is 0 Å². The fraction of sp³-hybridized carbons (Fsp3) is 0.909. The molecule has 0 aliphatic carbocycles. The first kappa shape index (κ1) is 16.2. The summed E-state index contributed by atoms with van der Waals surface area (Å²) in [5, 5.41) is 0. The van der Waals surface area contributed by atoms with E-state index in [0.29, 0.717) is 19.6 Å². The van der Waals surface area contributed by atoms with Crippen LogP contribution in [-0.2, 0) is 9.53 Å². The van der Waals surface area contributed by atoms with Gasteiger partial charge >= 0.3 is 0 Å². The quantitative estimate of drug-likeness (QED) is 0.625. The monoisotopic (exact) mass is 252 g/mol. The highest BCUT2D eigenvalue weighted by atomic mass is 19.3. The van der Waals surface area contributed by atoms with E-state index < -0.39 is 13.0 Å². The summed E-state index contributed by atoms with van der Waals surface area (Å²) in [7, 11) is 0. The highest BCUT2D eigenvalue weighted by Crippen LogP contribution is 2.02. The molecule has 1 atom stereocenters. The lowest BCUT2D eigenvalue weighted by atomic mass is 10.1. The molecular weight excluding hydrogens is 230 g/mol. The lowest BCUT2D eigenvalue weighted by Gasteiger charge is -2.24. The molecule has 2 N–H and O–H groups in total. The fourth-order valence-corrected chi connectivity index (χ4v) is 1.35. The van der Waals surface area contributed by atoms with Crippen molar-refractivity contribution in [2.45, 2.75) is 26.7 Å². The molecule has 1 amide bonds. The van der Waals surface area contributed by atoms with E-state index in [2.05, 4.69) is 4.74 Å². The van der Waals surface area contributed by atoms with Gasteiger partial charge in [-0.25, -0.2) is 8.78 Å². The molecule has 0 aromatic heterocycles. The third kappa shape index (κ3) is 8.04. The van der Waals surface area contributed by atoms with Crippen LogP contribution in [0.25, 0.3) is 0 Å². The van der Waals surface area contributed by atoms with Gasteiger partial charge in [0.1, 0.15) is 6.61 Å². The first-order chi connectivity index (χ1) is 8.01. The number of ether oxygens (including phenoxy) is 1. The van der Waals surface area contributed by atoms with Crippen LogP contribution in [0.1, 0.15) is 20.3 Å². The number of rotatable bonds is 9. The second-order valence-electron chi connectivity index (χ2n) is 3.99. The van der Waals surface area contributed by atoms with Crippen LogP contribution in [0.2, 0.25) is 0 Å². The molecule has 0 heterocycles. The van der Waals surface area contributed by atoms with Crippen molar-refractivity contribution in [2.24, 2.45) is 11.7 Å². The van der Waals surface area contributed by atoms with Crippen LogP contribution in [0, 0.1) is 5.92 Å². The maximum absolute atomic E-state index is 11.8. The number of carbonyl (C=O) groups excluding carboxylic acids is 1. The zero-order valence-corrected chi connectivity index (χ0v) is 10.5. The van der Waals surface area contributed by atoms with E-state index in [1.165, 1.54) is 0 Å². The summed E-state index contributed by atoms with van der Waals surface area (Å²) in [4.78, 5) is 13.4. The molecule has 1 unspecified atom stereocenters. The minimum absolute atomic E-state index is 0.0384. The summed E-state index contributed by atoms with van der Waals surface area (Å²) >= 11 is 0. The van der Waals surface area contributed by atoms with E-state index >= 15 is 0 Å². The van der Waals surface area contributed by atoms with Crippen LogP contribution in [-0.4, -0.2) is 50.1 Å². The van der Waals surface area contributed by atoms with Crippen molar-refractivity contribution in [3.8, 4) is 0 Å². The van der Waals surface area contributed by atoms with E-state index in [4.69, 9.17) is 5.73 Å². The summed E-state index contributed by atoms with van der Waals surface area (Å²) < 4.78 is 28.2. The number of hydrogen-bond acceptors (Lipinski definition) is 3. The number of alkyl halides is 2. The number of nitrogens with two attached hydrogens (primary N) is 1. The molecule has 4 nitrogen and oxygen atoms in total. The van der Waals surface area contributed by atoms with E-state index in [1.54, 1.807) is 4.90 Å². The van der Waals surface area contributed by atoms with Crippen molar-refractivity contribution in [3.05, 3.63) is 0 Å². The van der Waals surface area contributed by atoms with Crippen molar-refractivity contribution in [1.82, 2.24) is 4.90 Å². The molecule has 0 aliphatic rings. The molecule has 0 saturated carbocycles. The van der Waals surface area contributed by atoms with Crippen molar-refractivity contribution in [1.29, 1.82) is 0 Å². The number of hydrogen-bond donors (Lipinski definition) is 1. The SMILES string of the molecule is CCN(CC(C)CN)C(=O)CCOCC(F)F. The molecule has 102 valence electrons. The van der Waals surface area contributed by atoms with Crippen LogP contribution in [0.15, 0.2) is 0 Å². The summed E-state index contributed by atoms with van der Waals surface area (Å²) in [5.41, 5.74) is 5.48. The molecule has 0 rings (SSSR count). The summed E-state index contributed by atoms with van der Waals surface area (Å²) in [6.07, 6.45) is -2.35. The van der Waals surface area contributed by atoms with Gasteiger partial charge in [0.25, 0.3) is 6.43 Å². The second kappa shape index (κ2) is 9.30. The van der Waals surface area contributed by atoms with Gasteiger partial charge in [0.05, 0.1) is 13.0 Å². The Labute approximate surface area is 101 Å². The summed E-state index contributed by atoms with van der Waals surface area (Å²) in [6, 6.07) is 0. The van der Waals surface area contributed by atoms with Crippen LogP contribution >= 0.6 is 0 Å². The molecule has 0 fully saturated rings. The molecule has 0 spiro atoms. The Hall–Kier alpha value is -0.750. The third-order valence-corrected chi connectivity index (χ3v) is 2.37. The van der Waals surface area contributed by atoms with Gasteiger partial charge in [0.15, 0.2) is 0 Å². The lowest BCUT2D eigenvalue weighted by molar-refractivity contribution is -0.133. The van der Waals surface area contributed by atoms with Gasteiger partial charge in [-0.05, 0) is 19.4 Å². The highest BCUT2D eigenvalue weighted by Gasteiger charge is 2.14. The third-order valence-electron chi connectivity index (χ3n) is 2.37. The molecule has 0 aromatic carbocycles. The minimum Gasteiger partial charge on any atom is -0.375 e. The second-order valence-corrected chi connectivity index (χ2v) is 3.99. The maximum atomic E-state index is 11.8. The van der Waals surface area contributed by atoms with Crippen LogP contribution in [0.4, 0.5) is 8.78 Å². The predicted molar refractivity (Wildman–Crippen MR) is 61.9 cm³/mol. The molecule has 17 heavy (non-hydrogen) atoms. The van der Waals surface area contributed by atoms with E-state index in [1.807, 2.05) is 13.8 Å². The number of halogens is 2. The summed E-state index contributed by atoms with van der Waals surface area (Å²) in [6.45, 7) is 4.98. The highest BCUT2D eigenvalue weighted by molar-refractivity contribution is 5.76. The normalized spacial score (nSPS) is 12.8. The van der Waals surface area contributed by atoms with Crippen molar-refractivity contribution in [2.75, 3.05) is 32.8 Å². The van der Waals surface area contributed by atoms with Crippen molar-refractivity contribution >= 4 is 5.91 Å². The Kier molecular flexibility index (Phi) is 8.89. The summed E-state index contributed by atoms with van der Waals surface area (Å²) in [5.74, 6) is 0.156. The van der Waals surface area contributed by atoms with Crippen LogP contribution in [0.5, 0.6) is 0 Å². The fourth-order valence-electron chi connectivity index (χ4n) is 1.35. The van der Waals surface area contributed by atoms with E-state index in [0.717, 1.165) is 0 Å². The zero-order valence-electron chi connectivity index (χ0n) is 10.5. The average Bonchev–Trinajstić information content (AvgIpc) is 2.30. The number of carbonyl (C=O) groups is 1. The minimum atomic E-state index is -2.48. The van der Waals surface area contributed by atoms with Crippen LogP contribution < -0.4 is 5.73 Å². The molecule has 0 bridgehead atoms. The smallest absolute Gasteiger partial charge is 0.261 e. The van der Waals surface area contributed by atoms with Gasteiger partial charge in [-0.1, -0.05) is 6.92 Å². The Bertz CT molecular complexity index is 216. The molecule has 0 saturated heterocycles. The van der Waals surface area contributed by atoms with Gasteiger partial charge in [-0.3, -0.25) is 4.79 Å². The largest absolute Gasteiger partial charge is 0.375 e. The first-order valence-electron chi connectivity index (χ1n) is 5.84. The Morgan fingerprint density at radius 2 is 2.12 bits per heavy atom. The topological polar surface area (TPSA) is 55.6 Å². The van der Waals surface area contributed by atoms with Crippen LogP contribution in [0.3, 0.4) is 0 Å². The molecular formula is C11H22F2N2O2. The van der Waals surface area contributed by atoms with Crippen molar-refractivity contribution < 1.29 is 18.3 Å². The van der Waals surface area contributed by atoms with Crippen molar-refractivity contribution in [3.63, 3.8) is 0 Å². The van der Waals surface area contributed by atoms with E-state index in [9.17, 15) is 13.6 Å².